The van der Waals surface area contributed by atoms with Gasteiger partial charge in [-0.15, -0.1) is 23.7 Å². The Kier molecular flexibility index (Phi) is 8.52. The van der Waals surface area contributed by atoms with E-state index in [0.29, 0.717) is 28.4 Å². The summed E-state index contributed by atoms with van der Waals surface area (Å²) in [6.07, 6.45) is -4.14. The van der Waals surface area contributed by atoms with Crippen molar-refractivity contribution in [3.63, 3.8) is 0 Å². The lowest BCUT2D eigenvalue weighted by Gasteiger charge is -2.19. The second-order valence-corrected chi connectivity index (χ2v) is 9.49. The van der Waals surface area contributed by atoms with E-state index in [4.69, 9.17) is 16.3 Å². The van der Waals surface area contributed by atoms with Gasteiger partial charge < -0.3 is 15.0 Å². The molecule has 4 nitrogen and oxygen atoms in total. The van der Waals surface area contributed by atoms with Gasteiger partial charge in [-0.2, -0.15) is 13.2 Å². The molecule has 1 aliphatic heterocycles. The molecule has 0 aliphatic carbocycles. The van der Waals surface area contributed by atoms with Crippen LogP contribution in [0.1, 0.15) is 27.2 Å². The largest absolute Gasteiger partial charge is 0.488 e. The third-order valence-corrected chi connectivity index (χ3v) is 6.79. The summed E-state index contributed by atoms with van der Waals surface area (Å²) in [6, 6.07) is 14.6. The van der Waals surface area contributed by atoms with Gasteiger partial charge >= 0.3 is 6.18 Å². The van der Waals surface area contributed by atoms with Gasteiger partial charge in [0.25, 0.3) is 5.91 Å². The van der Waals surface area contributed by atoms with Gasteiger partial charge in [0.1, 0.15) is 11.9 Å². The summed E-state index contributed by atoms with van der Waals surface area (Å²) in [5.41, 5.74) is 0.677. The molecule has 1 atom stereocenters. The normalized spacial score (nSPS) is 16.2. The summed E-state index contributed by atoms with van der Waals surface area (Å²) < 4.78 is 46.1. The Hall–Kier alpha value is -2.26. The van der Waals surface area contributed by atoms with Crippen LogP contribution in [0.3, 0.4) is 0 Å². The summed E-state index contributed by atoms with van der Waals surface area (Å²) >= 11 is 7.25. The first-order valence-corrected chi connectivity index (χ1v) is 11.6. The minimum Gasteiger partial charge on any atom is -0.488 e. The maximum atomic E-state index is 13.5. The zero-order valence-corrected chi connectivity index (χ0v) is 20.6. The van der Waals surface area contributed by atoms with E-state index < -0.39 is 11.7 Å². The molecule has 0 saturated carbocycles. The van der Waals surface area contributed by atoms with E-state index in [2.05, 4.69) is 5.32 Å². The number of halogens is 5. The molecule has 1 amide bonds. The van der Waals surface area contributed by atoms with Gasteiger partial charge in [-0.05, 0) is 61.0 Å². The molecule has 1 aliphatic rings. The molecular weight excluding hydrogens is 508 g/mol. The highest BCUT2D eigenvalue weighted by Gasteiger charge is 2.35. The fourth-order valence-corrected chi connectivity index (χ4v) is 4.73. The van der Waals surface area contributed by atoms with Crippen molar-refractivity contribution in [3.05, 3.63) is 75.6 Å². The van der Waals surface area contributed by atoms with Crippen molar-refractivity contribution in [2.24, 2.45) is 0 Å². The number of likely N-dealkylation sites (N-methyl/N-ethyl adjacent to an activating group) is 1. The number of ether oxygens (including phenoxy) is 1. The summed E-state index contributed by atoms with van der Waals surface area (Å²) in [6.45, 7) is 1.44. The van der Waals surface area contributed by atoms with E-state index in [-0.39, 0.29) is 36.7 Å². The number of hydrogen-bond acceptors (Lipinski definition) is 4. The predicted octanol–water partition coefficient (Wildman–Crippen LogP) is 6.52. The zero-order chi connectivity index (χ0) is 23.6. The fraction of sp³-hybridized carbons (Fsp3) is 0.292. The van der Waals surface area contributed by atoms with Crippen LogP contribution >= 0.6 is 35.3 Å². The number of benzene rings is 2. The van der Waals surface area contributed by atoms with Gasteiger partial charge in [-0.3, -0.25) is 4.79 Å². The number of amides is 1. The lowest BCUT2D eigenvalue weighted by molar-refractivity contribution is -0.139. The van der Waals surface area contributed by atoms with Gasteiger partial charge in [0, 0.05) is 29.5 Å². The molecule has 0 radical (unpaired) electrons. The number of thiophene rings is 1. The molecule has 34 heavy (non-hydrogen) atoms. The van der Waals surface area contributed by atoms with Crippen LogP contribution in [-0.2, 0) is 12.7 Å². The second-order valence-electron chi connectivity index (χ2n) is 7.97. The number of nitrogens with zero attached hydrogens (tertiary/aromatic N) is 1. The minimum absolute atomic E-state index is 0. The maximum Gasteiger partial charge on any atom is 0.419 e. The van der Waals surface area contributed by atoms with Crippen molar-refractivity contribution >= 4 is 41.3 Å². The van der Waals surface area contributed by atoms with Crippen LogP contribution in [0.25, 0.3) is 10.4 Å². The van der Waals surface area contributed by atoms with Crippen LogP contribution in [0.5, 0.6) is 5.75 Å². The van der Waals surface area contributed by atoms with Gasteiger partial charge in [-0.1, -0.05) is 29.8 Å². The third kappa shape index (κ3) is 6.44. The lowest BCUT2D eigenvalue weighted by atomic mass is 10.1. The first-order chi connectivity index (χ1) is 15.7. The van der Waals surface area contributed by atoms with Crippen LogP contribution in [0.2, 0.25) is 5.02 Å². The number of rotatable bonds is 6. The highest BCUT2D eigenvalue weighted by Crippen LogP contribution is 2.38. The van der Waals surface area contributed by atoms with Crippen LogP contribution in [0.15, 0.2) is 54.6 Å². The minimum atomic E-state index is -4.52. The first-order valence-electron chi connectivity index (χ1n) is 10.4. The molecule has 1 fully saturated rings. The van der Waals surface area contributed by atoms with E-state index in [0.717, 1.165) is 23.1 Å². The molecule has 2 heterocycles. The maximum absolute atomic E-state index is 13.5. The van der Waals surface area contributed by atoms with Gasteiger partial charge in [0.2, 0.25) is 0 Å². The van der Waals surface area contributed by atoms with Crippen molar-refractivity contribution < 1.29 is 22.7 Å². The van der Waals surface area contributed by atoms with Gasteiger partial charge in [0.15, 0.2) is 0 Å². The molecule has 10 heteroatoms. The van der Waals surface area contributed by atoms with Crippen molar-refractivity contribution in [2.75, 3.05) is 20.1 Å². The first kappa shape index (κ1) is 26.3. The van der Waals surface area contributed by atoms with Crippen molar-refractivity contribution in [2.45, 2.75) is 25.2 Å². The van der Waals surface area contributed by atoms with E-state index in [9.17, 15) is 18.0 Å². The van der Waals surface area contributed by atoms with E-state index in [1.807, 2.05) is 30.1 Å². The number of nitrogens with one attached hydrogen (secondary N) is 1. The number of carbonyl (C=O) groups excluding carboxylic acids is 1. The topological polar surface area (TPSA) is 41.6 Å². The smallest absolute Gasteiger partial charge is 0.419 e. The van der Waals surface area contributed by atoms with E-state index in [1.165, 1.54) is 23.5 Å². The molecule has 1 saturated heterocycles. The monoisotopic (exact) mass is 530 g/mol. The molecular formula is C24H23Cl2F3N2O2S. The van der Waals surface area contributed by atoms with Gasteiger partial charge in [0.05, 0.1) is 10.4 Å². The lowest BCUT2D eigenvalue weighted by Crippen LogP contribution is -2.24. The summed E-state index contributed by atoms with van der Waals surface area (Å²) in [4.78, 5) is 16.1. The predicted molar refractivity (Wildman–Crippen MR) is 131 cm³/mol. The number of carbonyl (C=O) groups is 1. The highest BCUT2D eigenvalue weighted by molar-refractivity contribution is 7.17. The Labute approximate surface area is 211 Å². The van der Waals surface area contributed by atoms with Crippen LogP contribution < -0.4 is 10.1 Å². The summed E-state index contributed by atoms with van der Waals surface area (Å²) in [5, 5.41) is 3.41. The Bertz CT molecular complexity index is 1140. The average molecular weight is 531 g/mol. The van der Waals surface area contributed by atoms with Crippen LogP contribution in [0, 0.1) is 0 Å². The highest BCUT2D eigenvalue weighted by atomic mass is 35.5. The third-order valence-electron chi connectivity index (χ3n) is 5.40. The van der Waals surface area contributed by atoms with Gasteiger partial charge in [-0.25, -0.2) is 0 Å². The second kappa shape index (κ2) is 11.0. The molecule has 1 N–H and O–H groups in total. The molecule has 0 unspecified atom stereocenters. The molecule has 0 bridgehead atoms. The molecule has 2 aromatic carbocycles. The zero-order valence-electron chi connectivity index (χ0n) is 18.2. The van der Waals surface area contributed by atoms with E-state index >= 15 is 0 Å². The quantitative estimate of drug-likeness (QED) is 0.394. The standard InChI is InChI=1S/C24H22ClF3N2O2S.ClH/c1-30-11-10-18(14-30)32-20-12-15(2-7-19(20)24(26,27)28)13-29-23(31)22-9-8-21(33-22)16-3-5-17(25)6-4-16;/h2-9,12,18H,10-11,13-14H2,1H3,(H,29,31);1H/t18-;/m1./s1. The fourth-order valence-electron chi connectivity index (χ4n) is 3.68. The number of hydrogen-bond donors (Lipinski definition) is 1. The number of likely N-dealkylation sites (tertiary alicyclic amines) is 1. The molecule has 0 spiro atoms. The van der Waals surface area contributed by atoms with Crippen LogP contribution in [-0.4, -0.2) is 37.0 Å². The molecule has 3 aromatic rings. The SMILES string of the molecule is CN1CC[C@@H](Oc2cc(CNC(=O)c3ccc(-c4ccc(Cl)cc4)s3)ccc2C(F)(F)F)C1.Cl. The van der Waals surface area contributed by atoms with E-state index in [1.54, 1.807) is 18.2 Å². The summed E-state index contributed by atoms with van der Waals surface area (Å²) in [5.74, 6) is -0.490. The van der Waals surface area contributed by atoms with Crippen molar-refractivity contribution in [1.29, 1.82) is 0 Å². The molecule has 4 rings (SSSR count). The average Bonchev–Trinajstić information content (AvgIpc) is 3.41. The molecule has 1 aromatic heterocycles. The molecule has 182 valence electrons. The Morgan fingerprint density at radius 3 is 2.56 bits per heavy atom. The Morgan fingerprint density at radius 2 is 1.91 bits per heavy atom. The van der Waals surface area contributed by atoms with Crippen molar-refractivity contribution in [1.82, 2.24) is 10.2 Å². The summed E-state index contributed by atoms with van der Waals surface area (Å²) in [7, 11) is 1.91. The Balaban J connectivity index is 0.00000324. The van der Waals surface area contributed by atoms with Crippen LogP contribution in [0.4, 0.5) is 13.2 Å². The Morgan fingerprint density at radius 1 is 1.18 bits per heavy atom. The van der Waals surface area contributed by atoms with Crippen molar-refractivity contribution in [3.8, 4) is 16.2 Å². The number of alkyl halides is 3.